The molecule has 0 radical (unpaired) electrons. The van der Waals surface area contributed by atoms with Crippen molar-refractivity contribution in [1.29, 1.82) is 0 Å². The number of aliphatic hydroxyl groups is 1. The van der Waals surface area contributed by atoms with Gasteiger partial charge >= 0.3 is 0 Å². The van der Waals surface area contributed by atoms with E-state index in [1.54, 1.807) is 6.92 Å². The van der Waals surface area contributed by atoms with Crippen LogP contribution in [0.4, 0.5) is 0 Å². The predicted octanol–water partition coefficient (Wildman–Crippen LogP) is 2.95. The van der Waals surface area contributed by atoms with E-state index in [4.69, 9.17) is 4.84 Å². The fourth-order valence-corrected chi connectivity index (χ4v) is 2.03. The van der Waals surface area contributed by atoms with Crippen LogP contribution in [0, 0.1) is 5.21 Å². The molecule has 0 bridgehead atoms. The lowest BCUT2D eigenvalue weighted by Gasteiger charge is -2.23. The normalized spacial score (nSPS) is 14.5. The molecule has 0 saturated heterocycles. The summed E-state index contributed by atoms with van der Waals surface area (Å²) in [6.07, 6.45) is 12.2. The maximum absolute atomic E-state index is 11.2. The van der Waals surface area contributed by atoms with Crippen molar-refractivity contribution in [2.45, 2.75) is 90.7 Å². The van der Waals surface area contributed by atoms with Crippen LogP contribution in [0.5, 0.6) is 0 Å². The van der Waals surface area contributed by atoms with Crippen molar-refractivity contribution < 1.29 is 15.2 Å². The maximum Gasteiger partial charge on any atom is 0.218 e. The van der Waals surface area contributed by atoms with Crippen LogP contribution in [0.3, 0.4) is 0 Å². The van der Waals surface area contributed by atoms with Gasteiger partial charge in [-0.3, -0.25) is 0 Å². The summed E-state index contributed by atoms with van der Waals surface area (Å²) in [7, 11) is 0. The monoisotopic (exact) mass is 275 g/mol. The average molecular weight is 275 g/mol. The van der Waals surface area contributed by atoms with Gasteiger partial charge in [0.05, 0.1) is 0 Å². The summed E-state index contributed by atoms with van der Waals surface area (Å²) in [6.45, 7) is 4.46. The van der Waals surface area contributed by atoms with E-state index < -0.39 is 11.5 Å². The number of rotatable bonds is 14. The van der Waals surface area contributed by atoms with Crippen molar-refractivity contribution in [2.75, 3.05) is 6.61 Å². The first-order valence-electron chi connectivity index (χ1n) is 8.07. The highest BCUT2D eigenvalue weighted by Crippen LogP contribution is 2.10. The highest BCUT2D eigenvalue weighted by atomic mass is 16.9. The summed E-state index contributed by atoms with van der Waals surface area (Å²) in [5.74, 6) is 0. The van der Waals surface area contributed by atoms with Crippen LogP contribution in [-0.2, 0) is 4.84 Å². The lowest BCUT2D eigenvalue weighted by Crippen LogP contribution is -3.10. The highest BCUT2D eigenvalue weighted by Gasteiger charge is 2.08. The quantitative estimate of drug-likeness (QED) is 0.291. The Morgan fingerprint density at radius 1 is 0.895 bits per heavy atom. The van der Waals surface area contributed by atoms with Crippen molar-refractivity contribution in [3.05, 3.63) is 5.21 Å². The van der Waals surface area contributed by atoms with Crippen LogP contribution >= 0.6 is 0 Å². The minimum Gasteiger partial charge on any atom is -0.598 e. The van der Waals surface area contributed by atoms with E-state index in [0.717, 1.165) is 12.8 Å². The van der Waals surface area contributed by atoms with Crippen molar-refractivity contribution >= 4 is 0 Å². The minimum absolute atomic E-state index is 0.427. The van der Waals surface area contributed by atoms with E-state index in [1.807, 2.05) is 0 Å². The van der Waals surface area contributed by atoms with E-state index in [1.165, 1.54) is 51.4 Å². The van der Waals surface area contributed by atoms with Crippen molar-refractivity contribution in [1.82, 2.24) is 0 Å². The maximum atomic E-state index is 11.2. The summed E-state index contributed by atoms with van der Waals surface area (Å²) in [4.78, 5) is 4.98. The SMILES string of the molecule is CCCCCCCCCCCCO[NH+]([O-])C(O)CC. The molecule has 0 aliphatic heterocycles. The fraction of sp³-hybridized carbons (Fsp3) is 1.00. The molecule has 0 amide bonds. The third kappa shape index (κ3) is 12.6. The third-order valence-corrected chi connectivity index (χ3v) is 3.40. The molecule has 0 aromatic rings. The molecule has 2 unspecified atom stereocenters. The summed E-state index contributed by atoms with van der Waals surface area (Å²) in [6, 6.07) is 0. The second-order valence-electron chi connectivity index (χ2n) is 5.27. The molecule has 2 N–H and O–H groups in total. The molecule has 4 heteroatoms. The predicted molar refractivity (Wildman–Crippen MR) is 78.4 cm³/mol. The molecule has 0 aromatic heterocycles. The zero-order chi connectivity index (χ0) is 14.3. The first kappa shape index (κ1) is 18.8. The van der Waals surface area contributed by atoms with E-state index >= 15 is 0 Å². The van der Waals surface area contributed by atoms with Gasteiger partial charge in [0.15, 0.2) is 0 Å². The molecule has 19 heavy (non-hydrogen) atoms. The zero-order valence-corrected chi connectivity index (χ0v) is 12.8. The Hall–Kier alpha value is -0.160. The fourth-order valence-electron chi connectivity index (χ4n) is 2.03. The first-order valence-corrected chi connectivity index (χ1v) is 8.07. The van der Waals surface area contributed by atoms with Crippen LogP contribution in [-0.4, -0.2) is 17.9 Å². The average Bonchev–Trinajstić information content (AvgIpc) is 2.43. The van der Waals surface area contributed by atoms with Gasteiger partial charge in [0.25, 0.3) is 0 Å². The molecule has 116 valence electrons. The van der Waals surface area contributed by atoms with Crippen molar-refractivity contribution in [3.8, 4) is 0 Å². The Bertz CT molecular complexity index is 179. The van der Waals surface area contributed by atoms with Crippen LogP contribution < -0.4 is 5.23 Å². The Morgan fingerprint density at radius 2 is 1.37 bits per heavy atom. The summed E-state index contributed by atoms with van der Waals surface area (Å²) >= 11 is 0. The van der Waals surface area contributed by atoms with E-state index in [9.17, 15) is 10.3 Å². The number of hydrogen-bond donors (Lipinski definition) is 2. The van der Waals surface area contributed by atoms with E-state index in [2.05, 4.69) is 6.92 Å². The van der Waals surface area contributed by atoms with Crippen LogP contribution in [0.2, 0.25) is 0 Å². The number of aliphatic hydroxyl groups excluding tert-OH is 1. The summed E-state index contributed by atoms with van der Waals surface area (Å²) in [5, 5.41) is 19.9. The molecule has 4 nitrogen and oxygen atoms in total. The number of hydroxylamine groups is 2. The topological polar surface area (TPSA) is 57.0 Å². The first-order chi connectivity index (χ1) is 9.22. The molecule has 2 atom stereocenters. The Kier molecular flexibility index (Phi) is 14.1. The molecular weight excluding hydrogens is 242 g/mol. The summed E-state index contributed by atoms with van der Waals surface area (Å²) < 4.78 is 0. The van der Waals surface area contributed by atoms with Gasteiger partial charge in [-0.15, -0.1) is 0 Å². The van der Waals surface area contributed by atoms with Gasteiger partial charge in [-0.05, 0) is 6.42 Å². The molecule has 0 aliphatic rings. The van der Waals surface area contributed by atoms with Gasteiger partial charge in [0, 0.05) is 6.42 Å². The number of quaternary nitrogens is 1. The number of unbranched alkanes of at least 4 members (excludes halogenated alkanes) is 9. The Balaban J connectivity index is 3.10. The largest absolute Gasteiger partial charge is 0.598 e. The van der Waals surface area contributed by atoms with Gasteiger partial charge in [0.1, 0.15) is 6.61 Å². The zero-order valence-electron chi connectivity index (χ0n) is 12.8. The van der Waals surface area contributed by atoms with Crippen LogP contribution in [0.1, 0.15) is 84.5 Å². The molecule has 0 saturated carbocycles. The van der Waals surface area contributed by atoms with Crippen LogP contribution in [0.15, 0.2) is 0 Å². The Labute approximate surface area is 118 Å². The second kappa shape index (κ2) is 14.3. The smallest absolute Gasteiger partial charge is 0.218 e. The van der Waals surface area contributed by atoms with Gasteiger partial charge in [-0.1, -0.05) is 71.6 Å². The molecule has 0 fully saturated rings. The minimum atomic E-state index is -0.942. The number of nitrogens with one attached hydrogen (secondary N) is 1. The second-order valence-corrected chi connectivity index (χ2v) is 5.27. The molecule has 0 heterocycles. The van der Waals surface area contributed by atoms with E-state index in [-0.39, 0.29) is 0 Å². The van der Waals surface area contributed by atoms with Gasteiger partial charge < -0.3 is 10.3 Å². The molecule has 0 rings (SSSR count). The van der Waals surface area contributed by atoms with Crippen molar-refractivity contribution in [2.24, 2.45) is 0 Å². The standard InChI is InChI=1S/C15H33NO3/c1-3-5-6-7-8-9-10-11-12-13-14-19-16(18)15(17)4-2/h15-17H,3-14H2,1-2H3. The summed E-state index contributed by atoms with van der Waals surface area (Å²) in [5.41, 5.74) is 0. The highest BCUT2D eigenvalue weighted by molar-refractivity contribution is 4.46. The third-order valence-electron chi connectivity index (χ3n) is 3.40. The molecule has 0 spiro atoms. The molecule has 0 aliphatic carbocycles. The Morgan fingerprint density at radius 3 is 1.84 bits per heavy atom. The van der Waals surface area contributed by atoms with Gasteiger partial charge in [0.2, 0.25) is 6.23 Å². The lowest BCUT2D eigenvalue weighted by atomic mass is 10.1. The van der Waals surface area contributed by atoms with Gasteiger partial charge in [-0.2, -0.15) is 5.23 Å². The molecule has 0 aromatic carbocycles. The van der Waals surface area contributed by atoms with Crippen LogP contribution in [0.25, 0.3) is 0 Å². The lowest BCUT2D eigenvalue weighted by molar-refractivity contribution is -1.09. The molecular formula is C15H33NO3. The van der Waals surface area contributed by atoms with Crippen molar-refractivity contribution in [3.63, 3.8) is 0 Å². The number of hydrogen-bond acceptors (Lipinski definition) is 3. The van der Waals surface area contributed by atoms with E-state index in [0.29, 0.717) is 13.0 Å². The van der Waals surface area contributed by atoms with Gasteiger partial charge in [-0.25, -0.2) is 4.84 Å².